The van der Waals surface area contributed by atoms with Crippen LogP contribution in [-0.2, 0) is 9.53 Å². The Balaban J connectivity index is 1.62. The van der Waals surface area contributed by atoms with Crippen LogP contribution in [0.25, 0.3) is 11.3 Å². The zero-order valence-corrected chi connectivity index (χ0v) is 12.8. The maximum atomic E-state index is 12.1. The highest BCUT2D eigenvalue weighted by Crippen LogP contribution is 2.19. The first-order valence-corrected chi connectivity index (χ1v) is 8.05. The lowest BCUT2D eigenvalue weighted by molar-refractivity contribution is -0.132. The molecular formula is C15H16N4O2S. The fourth-order valence-corrected chi connectivity index (χ4v) is 2.83. The molecule has 0 N–H and O–H groups in total. The van der Waals surface area contributed by atoms with Crippen LogP contribution in [0.4, 0.5) is 0 Å². The zero-order chi connectivity index (χ0) is 15.2. The van der Waals surface area contributed by atoms with Gasteiger partial charge >= 0.3 is 0 Å². The summed E-state index contributed by atoms with van der Waals surface area (Å²) in [6.45, 7) is 2.53. The molecule has 2 aromatic rings. The van der Waals surface area contributed by atoms with Crippen molar-refractivity contribution in [3.05, 3.63) is 36.5 Å². The lowest BCUT2D eigenvalue weighted by atomic mass is 10.2. The van der Waals surface area contributed by atoms with Gasteiger partial charge in [-0.15, -0.1) is 5.10 Å². The molecule has 1 fully saturated rings. The van der Waals surface area contributed by atoms with Gasteiger partial charge in [0, 0.05) is 18.7 Å². The zero-order valence-electron chi connectivity index (χ0n) is 12.0. The SMILES string of the molecule is O=C(CSc1nncc(-c2ccccc2)n1)N1CCOCC1. The summed E-state index contributed by atoms with van der Waals surface area (Å²) in [5, 5.41) is 8.48. The highest BCUT2D eigenvalue weighted by molar-refractivity contribution is 7.99. The first-order valence-electron chi connectivity index (χ1n) is 7.06. The van der Waals surface area contributed by atoms with Crippen molar-refractivity contribution in [3.8, 4) is 11.3 Å². The average molecular weight is 316 g/mol. The molecule has 1 aliphatic rings. The number of hydrogen-bond donors (Lipinski definition) is 0. The van der Waals surface area contributed by atoms with Crippen LogP contribution in [0.3, 0.4) is 0 Å². The number of carbonyl (C=O) groups excluding carboxylic acids is 1. The number of rotatable bonds is 4. The van der Waals surface area contributed by atoms with Crippen LogP contribution in [0.5, 0.6) is 0 Å². The molecule has 1 aliphatic heterocycles. The van der Waals surface area contributed by atoms with E-state index in [9.17, 15) is 4.79 Å². The Morgan fingerprint density at radius 3 is 2.77 bits per heavy atom. The van der Waals surface area contributed by atoms with Crippen molar-refractivity contribution >= 4 is 17.7 Å². The minimum atomic E-state index is 0.0852. The maximum Gasteiger partial charge on any atom is 0.233 e. The molecule has 0 radical (unpaired) electrons. The highest BCUT2D eigenvalue weighted by atomic mass is 32.2. The monoisotopic (exact) mass is 316 g/mol. The van der Waals surface area contributed by atoms with Gasteiger partial charge in [0.2, 0.25) is 11.1 Å². The lowest BCUT2D eigenvalue weighted by Crippen LogP contribution is -2.41. The Labute approximate surface area is 132 Å². The molecule has 7 heteroatoms. The van der Waals surface area contributed by atoms with E-state index in [0.29, 0.717) is 37.2 Å². The topological polar surface area (TPSA) is 68.2 Å². The van der Waals surface area contributed by atoms with Crippen LogP contribution < -0.4 is 0 Å². The van der Waals surface area contributed by atoms with E-state index in [0.717, 1.165) is 11.3 Å². The second-order valence-electron chi connectivity index (χ2n) is 4.77. The molecule has 1 saturated heterocycles. The molecule has 0 aliphatic carbocycles. The van der Waals surface area contributed by atoms with Gasteiger partial charge in [0.1, 0.15) is 0 Å². The smallest absolute Gasteiger partial charge is 0.233 e. The van der Waals surface area contributed by atoms with Crippen LogP contribution in [0, 0.1) is 0 Å². The van der Waals surface area contributed by atoms with Gasteiger partial charge in [-0.2, -0.15) is 5.10 Å². The number of nitrogens with zero attached hydrogens (tertiary/aromatic N) is 4. The molecule has 1 amide bonds. The Morgan fingerprint density at radius 1 is 1.23 bits per heavy atom. The third kappa shape index (κ3) is 3.80. The van der Waals surface area contributed by atoms with Gasteiger partial charge in [0.15, 0.2) is 0 Å². The van der Waals surface area contributed by atoms with Crippen LogP contribution in [0.2, 0.25) is 0 Å². The second kappa shape index (κ2) is 7.33. The van der Waals surface area contributed by atoms with E-state index in [1.54, 1.807) is 6.20 Å². The number of thioether (sulfide) groups is 1. The van der Waals surface area contributed by atoms with Gasteiger partial charge in [-0.1, -0.05) is 42.1 Å². The first-order chi connectivity index (χ1) is 10.8. The summed E-state index contributed by atoms with van der Waals surface area (Å²) in [5.74, 6) is 0.405. The molecule has 114 valence electrons. The fraction of sp³-hybridized carbons (Fsp3) is 0.333. The first kappa shape index (κ1) is 14.9. The molecule has 1 aromatic heterocycles. The molecular weight excluding hydrogens is 300 g/mol. The number of amides is 1. The molecule has 0 saturated carbocycles. The van der Waals surface area contributed by atoms with Gasteiger partial charge in [0.25, 0.3) is 0 Å². The van der Waals surface area contributed by atoms with Gasteiger partial charge in [-0.3, -0.25) is 4.79 Å². The summed E-state index contributed by atoms with van der Waals surface area (Å²) in [6.07, 6.45) is 1.63. The molecule has 1 aromatic carbocycles. The van der Waals surface area contributed by atoms with Crippen molar-refractivity contribution in [1.29, 1.82) is 0 Å². The molecule has 0 bridgehead atoms. The number of aromatic nitrogens is 3. The molecule has 6 nitrogen and oxygen atoms in total. The lowest BCUT2D eigenvalue weighted by Gasteiger charge is -2.26. The minimum absolute atomic E-state index is 0.0852. The number of ether oxygens (including phenoxy) is 1. The third-order valence-electron chi connectivity index (χ3n) is 3.30. The van der Waals surface area contributed by atoms with Crippen molar-refractivity contribution in [2.24, 2.45) is 0 Å². The summed E-state index contributed by atoms with van der Waals surface area (Å²) in [7, 11) is 0. The largest absolute Gasteiger partial charge is 0.378 e. The van der Waals surface area contributed by atoms with Crippen molar-refractivity contribution in [2.75, 3.05) is 32.1 Å². The quantitative estimate of drug-likeness (QED) is 0.796. The van der Waals surface area contributed by atoms with E-state index in [1.807, 2.05) is 35.2 Å². The molecule has 22 heavy (non-hydrogen) atoms. The standard InChI is InChI=1S/C15H16N4O2S/c20-14(19-6-8-21-9-7-19)11-22-15-17-13(10-16-18-15)12-4-2-1-3-5-12/h1-5,10H,6-9,11H2. The van der Waals surface area contributed by atoms with E-state index < -0.39 is 0 Å². The summed E-state index contributed by atoms with van der Waals surface area (Å²) in [6, 6.07) is 9.79. The van der Waals surface area contributed by atoms with Crippen molar-refractivity contribution in [3.63, 3.8) is 0 Å². The fourth-order valence-electron chi connectivity index (χ4n) is 2.13. The van der Waals surface area contributed by atoms with Crippen molar-refractivity contribution in [2.45, 2.75) is 5.16 Å². The second-order valence-corrected chi connectivity index (χ2v) is 5.71. The van der Waals surface area contributed by atoms with Crippen LogP contribution in [0.15, 0.2) is 41.7 Å². The van der Waals surface area contributed by atoms with E-state index in [-0.39, 0.29) is 5.91 Å². The molecule has 2 heterocycles. The van der Waals surface area contributed by atoms with Crippen LogP contribution >= 0.6 is 11.8 Å². The van der Waals surface area contributed by atoms with Crippen molar-refractivity contribution < 1.29 is 9.53 Å². The van der Waals surface area contributed by atoms with Gasteiger partial charge in [-0.05, 0) is 0 Å². The van der Waals surface area contributed by atoms with E-state index >= 15 is 0 Å². The Morgan fingerprint density at radius 2 is 2.00 bits per heavy atom. The maximum absolute atomic E-state index is 12.1. The van der Waals surface area contributed by atoms with E-state index in [1.165, 1.54) is 11.8 Å². The number of benzene rings is 1. The summed E-state index contributed by atoms with van der Waals surface area (Å²) in [5.41, 5.74) is 1.75. The Bertz CT molecular complexity index is 632. The highest BCUT2D eigenvalue weighted by Gasteiger charge is 2.17. The number of morpholine rings is 1. The number of carbonyl (C=O) groups is 1. The van der Waals surface area contributed by atoms with Gasteiger partial charge in [-0.25, -0.2) is 4.98 Å². The summed E-state index contributed by atoms with van der Waals surface area (Å²) in [4.78, 5) is 18.4. The Hall–Kier alpha value is -1.99. The predicted octanol–water partition coefficient (Wildman–Crippen LogP) is 1.49. The van der Waals surface area contributed by atoms with E-state index in [2.05, 4.69) is 15.2 Å². The molecule has 0 atom stereocenters. The van der Waals surface area contributed by atoms with Gasteiger partial charge in [0.05, 0.1) is 30.9 Å². The minimum Gasteiger partial charge on any atom is -0.378 e. The van der Waals surface area contributed by atoms with Gasteiger partial charge < -0.3 is 9.64 Å². The third-order valence-corrected chi connectivity index (χ3v) is 4.12. The Kier molecular flexibility index (Phi) is 4.97. The number of hydrogen-bond acceptors (Lipinski definition) is 6. The summed E-state index contributed by atoms with van der Waals surface area (Å²) >= 11 is 1.31. The normalized spacial score (nSPS) is 14.8. The van der Waals surface area contributed by atoms with Crippen LogP contribution in [-0.4, -0.2) is 58.0 Å². The van der Waals surface area contributed by atoms with Crippen LogP contribution in [0.1, 0.15) is 0 Å². The molecule has 0 unspecified atom stereocenters. The van der Waals surface area contributed by atoms with Crippen molar-refractivity contribution in [1.82, 2.24) is 20.1 Å². The predicted molar refractivity (Wildman–Crippen MR) is 83.4 cm³/mol. The average Bonchev–Trinajstić information content (AvgIpc) is 2.61. The van der Waals surface area contributed by atoms with E-state index in [4.69, 9.17) is 4.74 Å². The molecule has 0 spiro atoms. The molecule has 3 rings (SSSR count). The summed E-state index contributed by atoms with van der Waals surface area (Å²) < 4.78 is 5.24.